The number of hydrogen-bond acceptors (Lipinski definition) is 3. The van der Waals surface area contributed by atoms with E-state index in [1.165, 1.54) is 7.11 Å². The van der Waals surface area contributed by atoms with E-state index in [1.807, 2.05) is 0 Å². The zero-order valence-corrected chi connectivity index (χ0v) is 11.2. The van der Waals surface area contributed by atoms with E-state index in [1.54, 1.807) is 0 Å². The van der Waals surface area contributed by atoms with Crippen molar-refractivity contribution >= 4 is 5.78 Å². The summed E-state index contributed by atoms with van der Waals surface area (Å²) in [4.78, 5) is 12.5. The van der Waals surface area contributed by atoms with Crippen LogP contribution in [0.1, 0.15) is 36.0 Å². The molecule has 3 rings (SSSR count). The third-order valence-electron chi connectivity index (χ3n) is 4.14. The molecule has 2 aliphatic heterocycles. The van der Waals surface area contributed by atoms with E-state index in [4.69, 9.17) is 9.47 Å². The van der Waals surface area contributed by atoms with Crippen molar-refractivity contribution in [3.05, 3.63) is 29.3 Å². The van der Waals surface area contributed by atoms with Gasteiger partial charge in [-0.15, -0.1) is 0 Å². The number of carbonyl (C=O) groups is 1. The number of halogens is 2. The number of Topliss-reactive ketones (excluding diaryl/α,β-unsaturated/α-hetero) is 1. The number of hydrogen-bond donors (Lipinski definition) is 0. The van der Waals surface area contributed by atoms with Gasteiger partial charge in [-0.1, -0.05) is 0 Å². The summed E-state index contributed by atoms with van der Waals surface area (Å²) < 4.78 is 37.6. The maximum Gasteiger partial charge on any atom is 0.170 e. The first-order valence-electron chi connectivity index (χ1n) is 6.81. The lowest BCUT2D eigenvalue weighted by atomic mass is 9.87. The number of ketones is 1. The Balaban J connectivity index is 1.90. The molecule has 0 aliphatic carbocycles. The molecule has 5 heteroatoms. The highest BCUT2D eigenvalue weighted by Crippen LogP contribution is 2.38. The Kier molecular flexibility index (Phi) is 3.46. The first-order valence-corrected chi connectivity index (χ1v) is 6.81. The second-order valence-corrected chi connectivity index (χ2v) is 5.46. The third-order valence-corrected chi connectivity index (χ3v) is 4.14. The van der Waals surface area contributed by atoms with Crippen LogP contribution in [0.3, 0.4) is 0 Å². The van der Waals surface area contributed by atoms with E-state index < -0.39 is 11.6 Å². The Morgan fingerprint density at radius 2 is 1.90 bits per heavy atom. The molecule has 0 amide bonds. The Morgan fingerprint density at radius 1 is 1.25 bits per heavy atom. The molecule has 2 atom stereocenters. The van der Waals surface area contributed by atoms with Gasteiger partial charge in [-0.05, 0) is 31.7 Å². The van der Waals surface area contributed by atoms with E-state index in [-0.39, 0.29) is 35.2 Å². The normalized spacial score (nSPS) is 28.4. The minimum absolute atomic E-state index is 0.00343. The predicted octanol–water partition coefficient (Wildman–Crippen LogP) is 3.11. The van der Waals surface area contributed by atoms with Gasteiger partial charge < -0.3 is 9.47 Å². The molecule has 2 unspecified atom stereocenters. The van der Waals surface area contributed by atoms with Crippen LogP contribution in [-0.2, 0) is 4.74 Å². The molecule has 1 aromatic carbocycles. The Bertz CT molecular complexity index is 532. The average Bonchev–Trinajstić information content (AvgIpc) is 2.75. The molecule has 3 nitrogen and oxygen atoms in total. The van der Waals surface area contributed by atoms with E-state index in [0.29, 0.717) is 12.8 Å². The molecule has 2 heterocycles. The fraction of sp³-hybridized carbons (Fsp3) is 0.533. The molecule has 0 saturated carbocycles. The van der Waals surface area contributed by atoms with Crippen molar-refractivity contribution in [2.75, 3.05) is 7.11 Å². The molecule has 2 bridgehead atoms. The molecule has 2 fully saturated rings. The lowest BCUT2D eigenvalue weighted by Crippen LogP contribution is -2.30. The van der Waals surface area contributed by atoms with Crippen molar-refractivity contribution in [3.63, 3.8) is 0 Å². The maximum atomic E-state index is 13.7. The van der Waals surface area contributed by atoms with E-state index >= 15 is 0 Å². The Labute approximate surface area is 115 Å². The second-order valence-electron chi connectivity index (χ2n) is 5.46. The quantitative estimate of drug-likeness (QED) is 0.799. The number of methoxy groups -OCH3 is 1. The van der Waals surface area contributed by atoms with E-state index in [9.17, 15) is 13.6 Å². The number of carbonyl (C=O) groups excluding carboxylic acids is 1. The molecular formula is C15H16F2O3. The standard InChI is InChI=1S/C15H16F2O3/c1-19-15-12(6-9(16)7-13(15)17)14(18)8-4-10-2-3-11(5-8)20-10/h6-8,10-11H,2-5H2,1H3. The maximum absolute atomic E-state index is 13.7. The van der Waals surface area contributed by atoms with Crippen LogP contribution < -0.4 is 4.74 Å². The summed E-state index contributed by atoms with van der Waals surface area (Å²) in [6.45, 7) is 0. The minimum Gasteiger partial charge on any atom is -0.493 e. The molecule has 2 saturated heterocycles. The van der Waals surface area contributed by atoms with Gasteiger partial charge in [0.25, 0.3) is 0 Å². The smallest absolute Gasteiger partial charge is 0.170 e. The van der Waals surface area contributed by atoms with Crippen LogP contribution in [0.25, 0.3) is 0 Å². The first-order chi connectivity index (χ1) is 9.58. The molecule has 108 valence electrons. The highest BCUT2D eigenvalue weighted by molar-refractivity contribution is 6.00. The summed E-state index contributed by atoms with van der Waals surface area (Å²) in [5.41, 5.74) is -0.00343. The van der Waals surface area contributed by atoms with Crippen molar-refractivity contribution in [1.82, 2.24) is 0 Å². The molecule has 0 N–H and O–H groups in total. The van der Waals surface area contributed by atoms with Gasteiger partial charge in [0.1, 0.15) is 5.82 Å². The Hall–Kier alpha value is -1.49. The highest BCUT2D eigenvalue weighted by atomic mass is 19.1. The van der Waals surface area contributed by atoms with E-state index in [2.05, 4.69) is 0 Å². The van der Waals surface area contributed by atoms with Crippen molar-refractivity contribution in [1.29, 1.82) is 0 Å². The lowest BCUT2D eigenvalue weighted by molar-refractivity contribution is -0.0149. The van der Waals surface area contributed by atoms with Crippen LogP contribution in [-0.4, -0.2) is 25.1 Å². The van der Waals surface area contributed by atoms with Crippen LogP contribution in [0.2, 0.25) is 0 Å². The summed E-state index contributed by atoms with van der Waals surface area (Å²) in [7, 11) is 1.28. The number of fused-ring (bicyclic) bond motifs is 2. The molecule has 2 aliphatic rings. The Morgan fingerprint density at radius 3 is 2.50 bits per heavy atom. The van der Waals surface area contributed by atoms with Crippen molar-refractivity contribution in [2.24, 2.45) is 5.92 Å². The van der Waals surface area contributed by atoms with Crippen LogP contribution >= 0.6 is 0 Å². The van der Waals surface area contributed by atoms with Crippen molar-refractivity contribution in [3.8, 4) is 5.75 Å². The number of ether oxygens (including phenoxy) is 2. The molecule has 0 spiro atoms. The van der Waals surface area contributed by atoms with Crippen LogP contribution in [0.15, 0.2) is 12.1 Å². The lowest BCUT2D eigenvalue weighted by Gasteiger charge is -2.27. The van der Waals surface area contributed by atoms with Gasteiger partial charge in [-0.3, -0.25) is 4.79 Å². The van der Waals surface area contributed by atoms with Gasteiger partial charge in [0, 0.05) is 12.0 Å². The minimum atomic E-state index is -0.842. The van der Waals surface area contributed by atoms with E-state index in [0.717, 1.165) is 25.0 Å². The molecule has 20 heavy (non-hydrogen) atoms. The molecule has 0 aromatic heterocycles. The van der Waals surface area contributed by atoms with Gasteiger partial charge in [-0.2, -0.15) is 0 Å². The van der Waals surface area contributed by atoms with Gasteiger partial charge in [0.05, 0.1) is 24.9 Å². The zero-order valence-electron chi connectivity index (χ0n) is 11.2. The van der Waals surface area contributed by atoms with Crippen LogP contribution in [0.4, 0.5) is 8.78 Å². The first kappa shape index (κ1) is 13.5. The fourth-order valence-electron chi connectivity index (χ4n) is 3.24. The largest absolute Gasteiger partial charge is 0.493 e. The molecule has 1 aromatic rings. The van der Waals surface area contributed by atoms with Crippen LogP contribution in [0, 0.1) is 17.6 Å². The monoisotopic (exact) mass is 282 g/mol. The summed E-state index contributed by atoms with van der Waals surface area (Å²) in [6.07, 6.45) is 3.37. The number of rotatable bonds is 3. The summed E-state index contributed by atoms with van der Waals surface area (Å²) in [5.74, 6) is -2.26. The second kappa shape index (κ2) is 5.13. The topological polar surface area (TPSA) is 35.5 Å². The van der Waals surface area contributed by atoms with Gasteiger partial charge in [0.15, 0.2) is 17.3 Å². The highest BCUT2D eigenvalue weighted by Gasteiger charge is 2.39. The third kappa shape index (κ3) is 2.30. The average molecular weight is 282 g/mol. The molecular weight excluding hydrogens is 266 g/mol. The summed E-state index contributed by atoms with van der Waals surface area (Å²) >= 11 is 0. The number of benzene rings is 1. The predicted molar refractivity (Wildman–Crippen MR) is 67.9 cm³/mol. The summed E-state index contributed by atoms with van der Waals surface area (Å²) in [5, 5.41) is 0. The molecule has 0 radical (unpaired) electrons. The van der Waals surface area contributed by atoms with Gasteiger partial charge in [0.2, 0.25) is 0 Å². The van der Waals surface area contributed by atoms with Gasteiger partial charge >= 0.3 is 0 Å². The summed E-state index contributed by atoms with van der Waals surface area (Å²) in [6, 6.07) is 1.78. The zero-order chi connectivity index (χ0) is 14.3. The van der Waals surface area contributed by atoms with Gasteiger partial charge in [-0.25, -0.2) is 8.78 Å². The van der Waals surface area contributed by atoms with Crippen molar-refractivity contribution in [2.45, 2.75) is 37.9 Å². The fourth-order valence-corrected chi connectivity index (χ4v) is 3.24. The van der Waals surface area contributed by atoms with Crippen LogP contribution in [0.5, 0.6) is 5.75 Å². The van der Waals surface area contributed by atoms with Crippen molar-refractivity contribution < 1.29 is 23.0 Å². The SMILES string of the molecule is COc1c(F)cc(F)cc1C(=O)C1CC2CCC(C1)O2.